The molecule has 90 valence electrons. The summed E-state index contributed by atoms with van der Waals surface area (Å²) in [5.41, 5.74) is 0.900. The Morgan fingerprint density at radius 2 is 2.00 bits per heavy atom. The number of hydrogen-bond acceptors (Lipinski definition) is 3. The van der Waals surface area contributed by atoms with Crippen LogP contribution in [-0.2, 0) is 4.79 Å². The van der Waals surface area contributed by atoms with Gasteiger partial charge in [0, 0.05) is 28.2 Å². The van der Waals surface area contributed by atoms with Gasteiger partial charge < -0.3 is 9.47 Å². The van der Waals surface area contributed by atoms with Crippen LogP contribution in [0, 0.1) is 0 Å². The summed E-state index contributed by atoms with van der Waals surface area (Å²) in [6.45, 7) is 0. The average molecular weight is 344 g/mol. The maximum atomic E-state index is 10.7. The molecule has 0 unspecified atom stereocenters. The maximum absolute atomic E-state index is 10.7. The van der Waals surface area contributed by atoms with Crippen LogP contribution in [0.25, 0.3) is 6.08 Å². The number of carbonyl (C=O) groups is 1. The zero-order chi connectivity index (χ0) is 12.7. The van der Waals surface area contributed by atoms with Gasteiger partial charge in [0.05, 0.1) is 14.2 Å². The van der Waals surface area contributed by atoms with E-state index in [2.05, 4.69) is 0 Å². The van der Waals surface area contributed by atoms with Crippen LogP contribution in [0.3, 0.4) is 0 Å². The highest BCUT2D eigenvalue weighted by atomic mass is 127. The van der Waals surface area contributed by atoms with Crippen LogP contribution in [0.2, 0.25) is 0 Å². The van der Waals surface area contributed by atoms with Gasteiger partial charge in [-0.1, -0.05) is 18.2 Å². The number of allylic oxidation sites excluding steroid dienone is 3. The molecular formula is C13H13IO3. The Morgan fingerprint density at radius 1 is 1.24 bits per heavy atom. The van der Waals surface area contributed by atoms with Crippen LogP contribution >= 0.6 is 22.6 Å². The van der Waals surface area contributed by atoms with E-state index in [4.69, 9.17) is 9.47 Å². The van der Waals surface area contributed by atoms with Gasteiger partial charge in [-0.05, 0) is 24.3 Å². The highest BCUT2D eigenvalue weighted by Gasteiger charge is 2.00. The Labute approximate surface area is 114 Å². The summed E-state index contributed by atoms with van der Waals surface area (Å²) in [4.78, 5) is 10.7. The van der Waals surface area contributed by atoms with E-state index in [1.807, 2.05) is 24.3 Å². The van der Waals surface area contributed by atoms with Crippen LogP contribution in [0.5, 0.6) is 11.5 Å². The Morgan fingerprint density at radius 3 is 2.59 bits per heavy atom. The van der Waals surface area contributed by atoms with Crippen LogP contribution in [0.15, 0.2) is 36.4 Å². The van der Waals surface area contributed by atoms with Gasteiger partial charge >= 0.3 is 0 Å². The lowest BCUT2D eigenvalue weighted by Crippen LogP contribution is -1.89. The number of benzene rings is 1. The molecule has 0 radical (unpaired) electrons. The lowest BCUT2D eigenvalue weighted by molar-refractivity contribution is -0.105. The molecule has 4 heteroatoms. The lowest BCUT2D eigenvalue weighted by Gasteiger charge is -2.06. The molecule has 0 saturated carbocycles. The Hall–Kier alpha value is -1.30. The van der Waals surface area contributed by atoms with Gasteiger partial charge in [0.15, 0.2) is 0 Å². The first-order valence-electron chi connectivity index (χ1n) is 4.93. The van der Waals surface area contributed by atoms with Gasteiger partial charge in [-0.25, -0.2) is 0 Å². The predicted molar refractivity (Wildman–Crippen MR) is 76.7 cm³/mol. The van der Waals surface area contributed by atoms with Crippen LogP contribution in [0.4, 0.5) is 0 Å². The minimum Gasteiger partial charge on any atom is -0.497 e. The first-order chi connectivity index (χ1) is 8.17. The van der Waals surface area contributed by atoms with Crippen LogP contribution in [0.1, 0.15) is 5.56 Å². The molecule has 0 fully saturated rings. The van der Waals surface area contributed by atoms with Crippen molar-refractivity contribution in [3.05, 3.63) is 42.0 Å². The molecule has 0 aromatic heterocycles. The second-order valence-corrected chi connectivity index (χ2v) is 4.19. The minimum atomic E-state index is -0.00939. The van der Waals surface area contributed by atoms with Crippen LogP contribution in [-0.4, -0.2) is 18.0 Å². The molecule has 0 aliphatic carbocycles. The molecule has 0 aliphatic heterocycles. The van der Waals surface area contributed by atoms with Crippen molar-refractivity contribution >= 4 is 32.5 Å². The Bertz CT molecular complexity index is 450. The molecule has 0 amide bonds. The van der Waals surface area contributed by atoms with Crippen molar-refractivity contribution in [3.8, 4) is 11.5 Å². The molecule has 0 aliphatic rings. The molecule has 1 aromatic carbocycles. The van der Waals surface area contributed by atoms with Crippen molar-refractivity contribution in [3.63, 3.8) is 0 Å². The van der Waals surface area contributed by atoms with E-state index in [9.17, 15) is 4.79 Å². The standard InChI is InChI=1S/C13H13IO3/c1-16-11-7-8-12(17-2)10(9-11)5-3-4-6-13(14)15/h3-9H,1-2H3/b5-3+,6-4+. The molecule has 0 atom stereocenters. The van der Waals surface area contributed by atoms with E-state index in [1.165, 1.54) is 6.08 Å². The number of ether oxygens (including phenoxy) is 2. The van der Waals surface area contributed by atoms with E-state index in [0.29, 0.717) is 0 Å². The zero-order valence-electron chi connectivity index (χ0n) is 9.64. The molecule has 1 rings (SSSR count). The second kappa shape index (κ2) is 7.11. The number of halogens is 1. The summed E-state index contributed by atoms with van der Waals surface area (Å²) in [6, 6.07) is 5.54. The monoisotopic (exact) mass is 344 g/mol. The summed E-state index contributed by atoms with van der Waals surface area (Å²) in [5.74, 6) is 1.52. The fourth-order valence-corrected chi connectivity index (χ4v) is 1.47. The normalized spacial score (nSPS) is 11.0. The van der Waals surface area contributed by atoms with E-state index < -0.39 is 0 Å². The maximum Gasteiger partial charge on any atom is 0.215 e. The summed E-state index contributed by atoms with van der Waals surface area (Å²) in [6.07, 6.45) is 6.82. The molecule has 0 saturated heterocycles. The Kier molecular flexibility index (Phi) is 5.76. The van der Waals surface area contributed by atoms with Gasteiger partial charge in [0.25, 0.3) is 0 Å². The minimum absolute atomic E-state index is 0.00939. The van der Waals surface area contributed by atoms with E-state index in [0.717, 1.165) is 17.1 Å². The van der Waals surface area contributed by atoms with Crippen molar-refractivity contribution in [1.82, 2.24) is 0 Å². The summed E-state index contributed by atoms with van der Waals surface area (Å²) < 4.78 is 10.4. The average Bonchev–Trinajstić information content (AvgIpc) is 2.34. The van der Waals surface area contributed by atoms with Crippen molar-refractivity contribution in [2.45, 2.75) is 0 Å². The largest absolute Gasteiger partial charge is 0.497 e. The number of hydrogen-bond donors (Lipinski definition) is 0. The third-order valence-electron chi connectivity index (χ3n) is 2.05. The molecule has 0 spiro atoms. The highest BCUT2D eigenvalue weighted by Crippen LogP contribution is 2.24. The molecule has 3 nitrogen and oxygen atoms in total. The fourth-order valence-electron chi connectivity index (χ4n) is 1.26. The lowest BCUT2D eigenvalue weighted by atomic mass is 10.1. The zero-order valence-corrected chi connectivity index (χ0v) is 11.8. The van der Waals surface area contributed by atoms with E-state index in [-0.39, 0.29) is 3.79 Å². The summed E-state index contributed by atoms with van der Waals surface area (Å²) >= 11 is 1.72. The molecular weight excluding hydrogens is 331 g/mol. The van der Waals surface area contributed by atoms with Gasteiger partial charge in [-0.2, -0.15) is 0 Å². The SMILES string of the molecule is COc1ccc(OC)c(/C=C/C=C/C(=O)I)c1. The van der Waals surface area contributed by atoms with Crippen molar-refractivity contribution < 1.29 is 14.3 Å². The van der Waals surface area contributed by atoms with Gasteiger partial charge in [-0.15, -0.1) is 0 Å². The molecule has 0 N–H and O–H groups in total. The molecule has 1 aromatic rings. The third-order valence-corrected chi connectivity index (χ3v) is 2.41. The van der Waals surface area contributed by atoms with E-state index in [1.54, 1.807) is 49.0 Å². The molecule has 17 heavy (non-hydrogen) atoms. The first-order valence-corrected chi connectivity index (χ1v) is 6.01. The van der Waals surface area contributed by atoms with Crippen molar-refractivity contribution in [2.24, 2.45) is 0 Å². The van der Waals surface area contributed by atoms with Crippen molar-refractivity contribution in [1.29, 1.82) is 0 Å². The summed E-state index contributed by atoms with van der Waals surface area (Å²) in [7, 11) is 3.23. The van der Waals surface area contributed by atoms with Crippen molar-refractivity contribution in [2.75, 3.05) is 14.2 Å². The smallest absolute Gasteiger partial charge is 0.215 e. The number of methoxy groups -OCH3 is 2. The third kappa shape index (κ3) is 4.60. The highest BCUT2D eigenvalue weighted by molar-refractivity contribution is 14.1. The molecule has 0 heterocycles. The predicted octanol–water partition coefficient (Wildman–Crippen LogP) is 3.23. The first kappa shape index (κ1) is 13.8. The van der Waals surface area contributed by atoms with E-state index >= 15 is 0 Å². The van der Waals surface area contributed by atoms with Gasteiger partial charge in [0.2, 0.25) is 3.79 Å². The topological polar surface area (TPSA) is 35.5 Å². The second-order valence-electron chi connectivity index (χ2n) is 3.13. The van der Waals surface area contributed by atoms with Crippen LogP contribution < -0.4 is 9.47 Å². The molecule has 0 bridgehead atoms. The fraction of sp³-hybridized carbons (Fsp3) is 0.154. The Balaban J connectivity index is 2.91. The quantitative estimate of drug-likeness (QED) is 0.356. The number of carbonyl (C=O) groups excluding carboxylic acids is 1. The number of rotatable bonds is 5. The van der Waals surface area contributed by atoms with Gasteiger partial charge in [0.1, 0.15) is 11.5 Å². The van der Waals surface area contributed by atoms with Gasteiger partial charge in [-0.3, -0.25) is 4.79 Å². The summed E-state index contributed by atoms with van der Waals surface area (Å²) in [5, 5.41) is 0.